The van der Waals surface area contributed by atoms with Crippen LogP contribution in [0.1, 0.15) is 32.8 Å². The second-order valence-corrected chi connectivity index (χ2v) is 7.31. The van der Waals surface area contributed by atoms with Gasteiger partial charge < -0.3 is 20.1 Å². The Morgan fingerprint density at radius 2 is 2.04 bits per heavy atom. The van der Waals surface area contributed by atoms with Crippen LogP contribution >= 0.6 is 0 Å². The van der Waals surface area contributed by atoms with Crippen molar-refractivity contribution in [2.24, 2.45) is 0 Å². The highest BCUT2D eigenvalue weighted by atomic mass is 16.6. The molecule has 24 heavy (non-hydrogen) atoms. The summed E-state index contributed by atoms with van der Waals surface area (Å²) >= 11 is 0. The first kappa shape index (κ1) is 16.9. The number of nitrogens with one attached hydrogen (secondary N) is 2. The molecule has 1 atom stereocenters. The molecular formula is C18H27N3O3. The molecule has 2 heterocycles. The Balaban J connectivity index is 1.47. The fourth-order valence-corrected chi connectivity index (χ4v) is 3.26. The van der Waals surface area contributed by atoms with Gasteiger partial charge in [0, 0.05) is 36.8 Å². The summed E-state index contributed by atoms with van der Waals surface area (Å²) in [6.45, 7) is 9.93. The molecule has 0 saturated carbocycles. The Labute approximate surface area is 143 Å². The number of amides is 2. The number of hydrogen-bond donors (Lipinski definition) is 2. The summed E-state index contributed by atoms with van der Waals surface area (Å²) < 4.78 is 11.2. The first-order valence-corrected chi connectivity index (χ1v) is 8.61. The van der Waals surface area contributed by atoms with Crippen LogP contribution in [0.3, 0.4) is 0 Å². The molecule has 1 aromatic carbocycles. The molecule has 0 aliphatic carbocycles. The van der Waals surface area contributed by atoms with Gasteiger partial charge in [-0.1, -0.05) is 12.1 Å². The highest BCUT2D eigenvalue weighted by Crippen LogP contribution is 2.33. The summed E-state index contributed by atoms with van der Waals surface area (Å²) in [5.74, 6) is 1.48. The zero-order valence-corrected chi connectivity index (χ0v) is 14.7. The first-order chi connectivity index (χ1) is 11.4. The second kappa shape index (κ2) is 6.89. The van der Waals surface area contributed by atoms with Crippen LogP contribution in [0.2, 0.25) is 0 Å². The molecule has 2 N–H and O–H groups in total. The molecule has 132 valence electrons. The zero-order valence-electron chi connectivity index (χ0n) is 14.7. The minimum Gasteiger partial charge on any atom is -0.486 e. The van der Waals surface area contributed by atoms with E-state index in [0.29, 0.717) is 32.3 Å². The summed E-state index contributed by atoms with van der Waals surface area (Å²) in [4.78, 5) is 14.5. The Morgan fingerprint density at radius 3 is 2.75 bits per heavy atom. The Kier molecular flexibility index (Phi) is 4.85. The van der Waals surface area contributed by atoms with E-state index in [2.05, 4.69) is 36.3 Å². The van der Waals surface area contributed by atoms with Gasteiger partial charge >= 0.3 is 6.03 Å². The normalized spacial score (nSPS) is 20.2. The number of nitrogens with zero attached hydrogens (tertiary/aromatic N) is 1. The fraction of sp³-hybridized carbons (Fsp3) is 0.611. The molecule has 0 spiro atoms. The van der Waals surface area contributed by atoms with E-state index < -0.39 is 0 Å². The van der Waals surface area contributed by atoms with E-state index in [4.69, 9.17) is 9.47 Å². The van der Waals surface area contributed by atoms with Gasteiger partial charge in [0.1, 0.15) is 13.2 Å². The summed E-state index contributed by atoms with van der Waals surface area (Å²) in [5, 5.41) is 5.88. The van der Waals surface area contributed by atoms with Crippen molar-refractivity contribution in [3.8, 4) is 11.5 Å². The van der Waals surface area contributed by atoms with E-state index in [1.807, 2.05) is 18.2 Å². The molecule has 1 unspecified atom stereocenters. The maximum atomic E-state index is 12.1. The van der Waals surface area contributed by atoms with Gasteiger partial charge in [-0.25, -0.2) is 4.79 Å². The van der Waals surface area contributed by atoms with Gasteiger partial charge in [0.05, 0.1) is 0 Å². The summed E-state index contributed by atoms with van der Waals surface area (Å²) in [7, 11) is 0. The van der Waals surface area contributed by atoms with Gasteiger partial charge in [-0.3, -0.25) is 4.90 Å². The van der Waals surface area contributed by atoms with Gasteiger partial charge in [-0.05, 0) is 33.3 Å². The number of likely N-dealkylation sites (tertiary alicyclic amines) is 1. The molecule has 6 heteroatoms. The maximum Gasteiger partial charge on any atom is 0.315 e. The van der Waals surface area contributed by atoms with Crippen LogP contribution in [0.25, 0.3) is 0 Å². The number of rotatable bonds is 4. The lowest BCUT2D eigenvalue weighted by Gasteiger charge is -2.49. The average Bonchev–Trinajstić information content (AvgIpc) is 2.50. The van der Waals surface area contributed by atoms with Crippen molar-refractivity contribution in [1.82, 2.24) is 15.5 Å². The average molecular weight is 333 g/mol. The Hall–Kier alpha value is -1.95. The predicted molar refractivity (Wildman–Crippen MR) is 92.5 cm³/mol. The molecule has 0 bridgehead atoms. The van der Waals surface area contributed by atoms with E-state index in [9.17, 15) is 4.79 Å². The molecule has 1 saturated heterocycles. The third-order valence-electron chi connectivity index (χ3n) is 4.59. The SMILES string of the molecule is CC(C)(C)N1CCC1CNC(=O)NCc1cccc2c1OCCO2. The summed E-state index contributed by atoms with van der Waals surface area (Å²) in [5.41, 5.74) is 1.09. The first-order valence-electron chi connectivity index (χ1n) is 8.61. The lowest BCUT2D eigenvalue weighted by molar-refractivity contribution is 0.00382. The second-order valence-electron chi connectivity index (χ2n) is 7.31. The molecule has 2 amide bonds. The van der Waals surface area contributed by atoms with Crippen molar-refractivity contribution in [2.75, 3.05) is 26.3 Å². The number of para-hydroxylation sites is 1. The molecule has 0 radical (unpaired) electrons. The molecule has 1 aromatic rings. The van der Waals surface area contributed by atoms with Gasteiger partial charge in [0.15, 0.2) is 11.5 Å². The van der Waals surface area contributed by atoms with Crippen LogP contribution in [0.4, 0.5) is 4.79 Å². The summed E-state index contributed by atoms with van der Waals surface area (Å²) in [6.07, 6.45) is 1.13. The monoisotopic (exact) mass is 333 g/mol. The minimum absolute atomic E-state index is 0.148. The van der Waals surface area contributed by atoms with Crippen LogP contribution in [-0.4, -0.2) is 48.8 Å². The van der Waals surface area contributed by atoms with Gasteiger partial charge in [0.2, 0.25) is 0 Å². The number of ether oxygens (including phenoxy) is 2. The number of hydrogen-bond acceptors (Lipinski definition) is 4. The van der Waals surface area contributed by atoms with Crippen molar-refractivity contribution in [2.45, 2.75) is 45.3 Å². The maximum absolute atomic E-state index is 12.1. The lowest BCUT2D eigenvalue weighted by atomic mass is 9.93. The quantitative estimate of drug-likeness (QED) is 0.886. The van der Waals surface area contributed by atoms with Crippen molar-refractivity contribution in [3.63, 3.8) is 0 Å². The highest BCUT2D eigenvalue weighted by molar-refractivity contribution is 5.74. The smallest absolute Gasteiger partial charge is 0.315 e. The highest BCUT2D eigenvalue weighted by Gasteiger charge is 2.35. The number of benzene rings is 1. The Bertz CT molecular complexity index is 598. The number of fused-ring (bicyclic) bond motifs is 1. The number of urea groups is 1. The van der Waals surface area contributed by atoms with Crippen molar-refractivity contribution < 1.29 is 14.3 Å². The topological polar surface area (TPSA) is 62.8 Å². The van der Waals surface area contributed by atoms with Gasteiger partial charge in [-0.2, -0.15) is 0 Å². The van der Waals surface area contributed by atoms with Crippen LogP contribution < -0.4 is 20.1 Å². The van der Waals surface area contributed by atoms with Crippen LogP contribution in [-0.2, 0) is 6.54 Å². The largest absolute Gasteiger partial charge is 0.486 e. The molecule has 2 aliphatic rings. The lowest BCUT2D eigenvalue weighted by Crippen LogP contribution is -2.61. The Morgan fingerprint density at radius 1 is 1.25 bits per heavy atom. The third-order valence-corrected chi connectivity index (χ3v) is 4.59. The zero-order chi connectivity index (χ0) is 17.2. The van der Waals surface area contributed by atoms with E-state index in [1.165, 1.54) is 0 Å². The molecule has 2 aliphatic heterocycles. The minimum atomic E-state index is -0.148. The van der Waals surface area contributed by atoms with Crippen LogP contribution in [0.15, 0.2) is 18.2 Å². The van der Waals surface area contributed by atoms with E-state index in [1.54, 1.807) is 0 Å². The molecule has 3 rings (SSSR count). The van der Waals surface area contributed by atoms with E-state index in [-0.39, 0.29) is 11.6 Å². The van der Waals surface area contributed by atoms with Crippen LogP contribution in [0, 0.1) is 0 Å². The summed E-state index contributed by atoms with van der Waals surface area (Å²) in [6, 6.07) is 6.02. The van der Waals surface area contributed by atoms with Gasteiger partial charge in [0.25, 0.3) is 0 Å². The van der Waals surface area contributed by atoms with E-state index in [0.717, 1.165) is 30.0 Å². The van der Waals surface area contributed by atoms with Crippen molar-refractivity contribution in [1.29, 1.82) is 0 Å². The third kappa shape index (κ3) is 3.75. The van der Waals surface area contributed by atoms with Crippen molar-refractivity contribution >= 4 is 6.03 Å². The molecular weight excluding hydrogens is 306 g/mol. The fourth-order valence-electron chi connectivity index (χ4n) is 3.26. The molecule has 0 aromatic heterocycles. The van der Waals surface area contributed by atoms with Crippen LogP contribution in [0.5, 0.6) is 11.5 Å². The number of carbonyl (C=O) groups excluding carboxylic acids is 1. The van der Waals surface area contributed by atoms with E-state index >= 15 is 0 Å². The predicted octanol–water partition coefficient (Wildman–Crippen LogP) is 2.13. The standard InChI is InChI=1S/C18H27N3O3/c1-18(2,3)21-8-7-14(21)12-20-17(22)19-11-13-5-4-6-15-16(13)24-10-9-23-15/h4-6,14H,7-12H2,1-3H3,(H2,19,20,22). The molecule has 6 nitrogen and oxygen atoms in total. The molecule has 1 fully saturated rings. The van der Waals surface area contributed by atoms with Gasteiger partial charge in [-0.15, -0.1) is 0 Å². The number of carbonyl (C=O) groups is 1. The van der Waals surface area contributed by atoms with Crippen molar-refractivity contribution in [3.05, 3.63) is 23.8 Å².